The number of aliphatic hydroxyl groups excluding tert-OH is 1. The molecule has 1 spiro atoms. The Morgan fingerprint density at radius 3 is 2.46 bits per heavy atom. The van der Waals surface area contributed by atoms with E-state index in [-0.39, 0.29) is 29.9 Å². The number of rotatable bonds is 9. The maximum atomic E-state index is 13.0. The number of aliphatic hydroxyl groups is 1. The molecular formula is C32H36FN3O3. The summed E-state index contributed by atoms with van der Waals surface area (Å²) in [6.07, 6.45) is 3.21. The minimum atomic E-state index is -0.471. The molecule has 6 nitrogen and oxygen atoms in total. The van der Waals surface area contributed by atoms with Gasteiger partial charge in [0.25, 0.3) is 0 Å². The van der Waals surface area contributed by atoms with E-state index in [0.717, 1.165) is 49.5 Å². The largest absolute Gasteiger partial charge is 0.503 e. The SMILES string of the molecule is C[C@@H](CF)NCC(CC1=C(O)C(=O)CC=N1)c1ccc(C#Cc2ccc(CN3CC4(CCOC4)C3)cc2)cc1. The molecule has 2 saturated heterocycles. The lowest BCUT2D eigenvalue weighted by molar-refractivity contribution is -0.117. The number of carbonyl (C=O) groups excluding carboxylic acids is 1. The van der Waals surface area contributed by atoms with Gasteiger partial charge in [-0.05, 0) is 48.7 Å². The van der Waals surface area contributed by atoms with Crippen LogP contribution in [0.25, 0.3) is 0 Å². The molecule has 204 valence electrons. The molecule has 0 bridgehead atoms. The molecule has 0 amide bonds. The number of ether oxygens (including phenoxy) is 1. The molecule has 0 aromatic heterocycles. The van der Waals surface area contributed by atoms with Gasteiger partial charge in [-0.15, -0.1) is 0 Å². The number of alkyl halides is 1. The summed E-state index contributed by atoms with van der Waals surface area (Å²) in [5, 5.41) is 13.4. The van der Waals surface area contributed by atoms with E-state index in [2.05, 4.69) is 51.3 Å². The van der Waals surface area contributed by atoms with E-state index < -0.39 is 6.67 Å². The van der Waals surface area contributed by atoms with E-state index in [1.807, 2.05) is 24.3 Å². The van der Waals surface area contributed by atoms with Gasteiger partial charge >= 0.3 is 0 Å². The average molecular weight is 530 g/mol. The summed E-state index contributed by atoms with van der Waals surface area (Å²) in [4.78, 5) is 18.6. The molecule has 7 heteroatoms. The van der Waals surface area contributed by atoms with Crippen LogP contribution in [0.15, 0.2) is 65.0 Å². The summed E-state index contributed by atoms with van der Waals surface area (Å²) in [6, 6.07) is 16.1. The number of halogens is 1. The Kier molecular flexibility index (Phi) is 8.56. The van der Waals surface area contributed by atoms with Crippen molar-refractivity contribution in [1.82, 2.24) is 10.2 Å². The Hall–Kier alpha value is -3.31. The first-order chi connectivity index (χ1) is 18.9. The second kappa shape index (κ2) is 12.3. The zero-order valence-corrected chi connectivity index (χ0v) is 22.5. The molecule has 2 aromatic carbocycles. The number of ketones is 1. The Balaban J connectivity index is 1.20. The predicted molar refractivity (Wildman–Crippen MR) is 151 cm³/mol. The number of likely N-dealkylation sites (tertiary alicyclic amines) is 1. The van der Waals surface area contributed by atoms with Crippen LogP contribution in [-0.2, 0) is 16.1 Å². The van der Waals surface area contributed by atoms with Gasteiger partial charge in [0.1, 0.15) is 6.67 Å². The van der Waals surface area contributed by atoms with E-state index in [1.54, 1.807) is 6.92 Å². The summed E-state index contributed by atoms with van der Waals surface area (Å²) in [6.45, 7) is 6.84. The van der Waals surface area contributed by atoms with Crippen LogP contribution in [0.1, 0.15) is 54.4 Å². The minimum absolute atomic E-state index is 0.0868. The van der Waals surface area contributed by atoms with Gasteiger partial charge in [-0.25, -0.2) is 4.39 Å². The maximum absolute atomic E-state index is 13.0. The molecular weight excluding hydrogens is 493 g/mol. The molecule has 2 fully saturated rings. The highest BCUT2D eigenvalue weighted by Gasteiger charge is 2.45. The summed E-state index contributed by atoms with van der Waals surface area (Å²) < 4.78 is 18.6. The van der Waals surface area contributed by atoms with Crippen LogP contribution in [-0.4, -0.2) is 67.6 Å². The van der Waals surface area contributed by atoms with E-state index in [0.29, 0.717) is 24.1 Å². The Morgan fingerprint density at radius 2 is 1.82 bits per heavy atom. The summed E-state index contributed by atoms with van der Waals surface area (Å²) in [5.41, 5.74) is 4.95. The zero-order valence-electron chi connectivity index (χ0n) is 22.5. The fourth-order valence-corrected chi connectivity index (χ4v) is 5.49. The molecule has 3 aliphatic heterocycles. The number of nitrogens with zero attached hydrogens (tertiary/aromatic N) is 2. The van der Waals surface area contributed by atoms with Gasteiger partial charge in [0.15, 0.2) is 5.76 Å². The molecule has 3 heterocycles. The molecule has 2 aromatic rings. The molecule has 0 saturated carbocycles. The number of nitrogens with one attached hydrogen (secondary N) is 1. The second-order valence-electron chi connectivity index (χ2n) is 11.1. The molecule has 5 rings (SSSR count). The van der Waals surface area contributed by atoms with Crippen molar-refractivity contribution in [2.75, 3.05) is 39.5 Å². The monoisotopic (exact) mass is 529 g/mol. The number of hydrogen-bond donors (Lipinski definition) is 2. The van der Waals surface area contributed by atoms with Crippen molar-refractivity contribution < 1.29 is 19.0 Å². The Bertz CT molecular complexity index is 1280. The number of allylic oxidation sites excluding steroid dienone is 2. The van der Waals surface area contributed by atoms with Crippen molar-refractivity contribution in [3.63, 3.8) is 0 Å². The van der Waals surface area contributed by atoms with Gasteiger partial charge in [0, 0.05) is 80.3 Å². The van der Waals surface area contributed by atoms with E-state index in [9.17, 15) is 14.3 Å². The van der Waals surface area contributed by atoms with Crippen LogP contribution >= 0.6 is 0 Å². The fraction of sp³-hybridized carbons (Fsp3) is 0.438. The first-order valence-corrected chi connectivity index (χ1v) is 13.7. The van der Waals surface area contributed by atoms with Crippen LogP contribution in [0.5, 0.6) is 0 Å². The van der Waals surface area contributed by atoms with Gasteiger partial charge in [-0.1, -0.05) is 36.1 Å². The van der Waals surface area contributed by atoms with Crippen molar-refractivity contribution in [3.8, 4) is 11.8 Å². The average Bonchev–Trinajstić information content (AvgIpc) is 3.43. The number of Topliss-reactive ketones (excluding diaryl/α,β-unsaturated/α-hetero) is 1. The van der Waals surface area contributed by atoms with Gasteiger partial charge in [-0.3, -0.25) is 14.7 Å². The van der Waals surface area contributed by atoms with E-state index in [4.69, 9.17) is 4.74 Å². The summed E-state index contributed by atoms with van der Waals surface area (Å²) in [5.74, 6) is 5.81. The molecule has 0 aliphatic carbocycles. The third-order valence-corrected chi connectivity index (χ3v) is 7.84. The van der Waals surface area contributed by atoms with Crippen molar-refractivity contribution >= 4 is 12.0 Å². The van der Waals surface area contributed by atoms with Crippen molar-refractivity contribution in [2.24, 2.45) is 10.4 Å². The first kappa shape index (κ1) is 27.3. The standard InChI is InChI=1S/C32H36FN3O3/c1-23(17-33)35-18-28(16-29-31(38)30(37)12-14-34-29)27-10-8-25(9-11-27)3-2-24-4-6-26(7-5-24)19-36-20-32(21-36)13-15-39-22-32/h4-11,14,23,28,35,38H,12-13,15-22H2,1H3/t23-,28?/m0/s1. The van der Waals surface area contributed by atoms with Crippen LogP contribution in [0, 0.1) is 17.3 Å². The normalized spacial score (nSPS) is 20.0. The number of aliphatic imine (C=N–C) groups is 1. The smallest absolute Gasteiger partial charge is 0.204 e. The second-order valence-corrected chi connectivity index (χ2v) is 11.1. The van der Waals surface area contributed by atoms with Crippen LogP contribution in [0.2, 0.25) is 0 Å². The lowest BCUT2D eigenvalue weighted by Crippen LogP contribution is -2.55. The van der Waals surface area contributed by atoms with Crippen molar-refractivity contribution in [2.45, 2.75) is 44.7 Å². The van der Waals surface area contributed by atoms with Crippen molar-refractivity contribution in [3.05, 3.63) is 82.2 Å². The van der Waals surface area contributed by atoms with Crippen LogP contribution in [0.4, 0.5) is 4.39 Å². The van der Waals surface area contributed by atoms with Crippen LogP contribution < -0.4 is 5.32 Å². The fourth-order valence-electron chi connectivity index (χ4n) is 5.49. The van der Waals surface area contributed by atoms with Gasteiger partial charge < -0.3 is 15.2 Å². The minimum Gasteiger partial charge on any atom is -0.503 e. The predicted octanol–water partition coefficient (Wildman–Crippen LogP) is 4.54. The van der Waals surface area contributed by atoms with Crippen LogP contribution in [0.3, 0.4) is 0 Å². The third-order valence-electron chi connectivity index (χ3n) is 7.84. The lowest BCUT2D eigenvalue weighted by Gasteiger charge is -2.47. The molecule has 2 N–H and O–H groups in total. The maximum Gasteiger partial charge on any atom is 0.204 e. The molecule has 3 aliphatic rings. The van der Waals surface area contributed by atoms with Gasteiger partial charge in [-0.2, -0.15) is 0 Å². The summed E-state index contributed by atoms with van der Waals surface area (Å²) in [7, 11) is 0. The Morgan fingerprint density at radius 1 is 1.13 bits per heavy atom. The number of hydrogen-bond acceptors (Lipinski definition) is 6. The highest BCUT2D eigenvalue weighted by atomic mass is 19.1. The van der Waals surface area contributed by atoms with Gasteiger partial charge in [0.05, 0.1) is 12.3 Å². The third kappa shape index (κ3) is 6.83. The highest BCUT2D eigenvalue weighted by Crippen LogP contribution is 2.38. The van der Waals surface area contributed by atoms with Crippen molar-refractivity contribution in [1.29, 1.82) is 0 Å². The summed E-state index contributed by atoms with van der Waals surface area (Å²) >= 11 is 0. The molecule has 0 radical (unpaired) electrons. The number of benzene rings is 2. The molecule has 1 unspecified atom stereocenters. The lowest BCUT2D eigenvalue weighted by atomic mass is 9.79. The van der Waals surface area contributed by atoms with Gasteiger partial charge in [0.2, 0.25) is 5.78 Å². The van der Waals surface area contributed by atoms with E-state index in [1.165, 1.54) is 18.2 Å². The number of carbonyl (C=O) groups is 1. The first-order valence-electron chi connectivity index (χ1n) is 13.7. The topological polar surface area (TPSA) is 74.2 Å². The Labute approximate surface area is 230 Å². The zero-order chi connectivity index (χ0) is 27.2. The highest BCUT2D eigenvalue weighted by molar-refractivity contribution is 6.03. The van der Waals surface area contributed by atoms with E-state index >= 15 is 0 Å². The molecule has 39 heavy (non-hydrogen) atoms. The quantitative estimate of drug-likeness (QED) is 0.467. The molecule has 2 atom stereocenters.